The quantitative estimate of drug-likeness (QED) is 0.572. The van der Waals surface area contributed by atoms with E-state index in [4.69, 9.17) is 0 Å². The maximum atomic E-state index is 11.8. The number of hydrazone groups is 1. The van der Waals surface area contributed by atoms with E-state index in [0.29, 0.717) is 17.2 Å². The van der Waals surface area contributed by atoms with E-state index in [0.717, 1.165) is 23.2 Å². The third kappa shape index (κ3) is 2.71. The van der Waals surface area contributed by atoms with Gasteiger partial charge in [0.15, 0.2) is 0 Å². The van der Waals surface area contributed by atoms with Gasteiger partial charge in [0.1, 0.15) is 0 Å². The Kier molecular flexibility index (Phi) is 4.20. The number of H-pyrrole nitrogens is 1. The minimum Gasteiger partial charge on any atom is -0.344 e. The number of nitrogens with zero attached hydrogens (tertiary/aromatic N) is 3. The Balaban J connectivity index is 1.94. The molecule has 0 aliphatic heterocycles. The lowest BCUT2D eigenvalue weighted by Gasteiger charge is -2.03. The van der Waals surface area contributed by atoms with Crippen molar-refractivity contribution >= 4 is 23.1 Å². The molecule has 6 nitrogen and oxygen atoms in total. The van der Waals surface area contributed by atoms with Crippen LogP contribution in [-0.4, -0.2) is 20.7 Å². The molecule has 2 heterocycles. The molecule has 2 aromatic heterocycles. The number of fused-ring (bicyclic) bond motifs is 1. The molecule has 0 atom stereocenters. The highest BCUT2D eigenvalue weighted by molar-refractivity contribution is 6.01. The molecule has 0 unspecified atom stereocenters. The highest BCUT2D eigenvalue weighted by Gasteiger charge is 2.10. The molecule has 3 rings (SSSR count). The summed E-state index contributed by atoms with van der Waals surface area (Å²) in [6.07, 6.45) is 1.78. The number of para-hydroxylation sites is 1. The summed E-state index contributed by atoms with van der Waals surface area (Å²) in [4.78, 5) is 18.7. The molecule has 0 radical (unpaired) electrons. The largest absolute Gasteiger partial charge is 0.344 e. The fraction of sp³-hybridized carbons (Fsp3) is 0.278. The van der Waals surface area contributed by atoms with E-state index < -0.39 is 0 Å². The molecule has 1 aromatic carbocycles. The maximum Gasteiger partial charge on any atom is 0.255 e. The zero-order chi connectivity index (χ0) is 17.3. The van der Waals surface area contributed by atoms with Crippen molar-refractivity contribution in [3.63, 3.8) is 0 Å². The zero-order valence-corrected chi connectivity index (χ0v) is 14.3. The van der Waals surface area contributed by atoms with E-state index in [2.05, 4.69) is 51.0 Å². The van der Waals surface area contributed by atoms with Crippen molar-refractivity contribution in [1.29, 1.82) is 0 Å². The third-order valence-electron chi connectivity index (χ3n) is 4.35. The maximum absolute atomic E-state index is 11.8. The van der Waals surface area contributed by atoms with Crippen molar-refractivity contribution in [1.82, 2.24) is 14.5 Å². The molecule has 3 aromatic rings. The lowest BCUT2D eigenvalue weighted by atomic mass is 10.1. The van der Waals surface area contributed by atoms with Gasteiger partial charge in [0.25, 0.3) is 5.56 Å². The van der Waals surface area contributed by atoms with Crippen LogP contribution in [0.4, 0.5) is 5.95 Å². The van der Waals surface area contributed by atoms with E-state index in [1.807, 2.05) is 12.1 Å². The monoisotopic (exact) mass is 323 g/mol. The van der Waals surface area contributed by atoms with Crippen LogP contribution in [0.15, 0.2) is 34.2 Å². The molecule has 24 heavy (non-hydrogen) atoms. The Labute approximate surface area is 140 Å². The average molecular weight is 323 g/mol. The number of hydrogen-bond acceptors (Lipinski definition) is 4. The highest BCUT2D eigenvalue weighted by atomic mass is 16.1. The summed E-state index contributed by atoms with van der Waals surface area (Å²) in [5, 5.41) is 5.42. The second kappa shape index (κ2) is 6.31. The van der Waals surface area contributed by atoms with E-state index >= 15 is 0 Å². The molecule has 0 spiro atoms. The Bertz CT molecular complexity index is 981. The van der Waals surface area contributed by atoms with Gasteiger partial charge in [-0.05, 0) is 33.8 Å². The first-order valence-electron chi connectivity index (χ1n) is 7.97. The first kappa shape index (κ1) is 16.0. The first-order chi connectivity index (χ1) is 11.5. The van der Waals surface area contributed by atoms with Crippen molar-refractivity contribution in [3.05, 3.63) is 57.1 Å². The normalized spacial score (nSPS) is 11.5. The van der Waals surface area contributed by atoms with Crippen LogP contribution in [0.25, 0.3) is 10.9 Å². The van der Waals surface area contributed by atoms with Crippen LogP contribution >= 0.6 is 0 Å². The summed E-state index contributed by atoms with van der Waals surface area (Å²) >= 11 is 0. The number of aromatic amines is 1. The predicted molar refractivity (Wildman–Crippen MR) is 97.9 cm³/mol. The predicted octanol–water partition coefficient (Wildman–Crippen LogP) is 3.12. The van der Waals surface area contributed by atoms with Crippen molar-refractivity contribution in [3.8, 4) is 0 Å². The number of nitrogens with one attached hydrogen (secondary N) is 2. The summed E-state index contributed by atoms with van der Waals surface area (Å²) in [7, 11) is 0. The Morgan fingerprint density at radius 2 is 2.04 bits per heavy atom. The van der Waals surface area contributed by atoms with Gasteiger partial charge < -0.3 is 4.57 Å². The molecule has 124 valence electrons. The first-order valence-corrected chi connectivity index (χ1v) is 7.97. The van der Waals surface area contributed by atoms with Gasteiger partial charge >= 0.3 is 0 Å². The van der Waals surface area contributed by atoms with E-state index in [1.165, 1.54) is 5.52 Å². The summed E-state index contributed by atoms with van der Waals surface area (Å²) < 4.78 is 2.26. The van der Waals surface area contributed by atoms with Crippen LogP contribution in [0.1, 0.15) is 29.4 Å². The molecule has 0 aliphatic rings. The lowest BCUT2D eigenvalue weighted by molar-refractivity contribution is 0.769. The van der Waals surface area contributed by atoms with Gasteiger partial charge in [0.05, 0.1) is 6.21 Å². The van der Waals surface area contributed by atoms with Gasteiger partial charge in [0, 0.05) is 40.0 Å². The second-order valence-electron chi connectivity index (χ2n) is 5.76. The Morgan fingerprint density at radius 3 is 2.75 bits per heavy atom. The minimum absolute atomic E-state index is 0.154. The molecular formula is C18H21N5O. The van der Waals surface area contributed by atoms with Crippen molar-refractivity contribution in [2.75, 3.05) is 5.43 Å². The lowest BCUT2D eigenvalue weighted by Crippen LogP contribution is -2.15. The zero-order valence-electron chi connectivity index (χ0n) is 14.3. The van der Waals surface area contributed by atoms with Crippen molar-refractivity contribution in [2.45, 2.75) is 34.2 Å². The Morgan fingerprint density at radius 1 is 1.29 bits per heavy atom. The Hall–Kier alpha value is -2.89. The molecule has 0 saturated carbocycles. The number of benzene rings is 1. The van der Waals surface area contributed by atoms with E-state index in [-0.39, 0.29) is 5.56 Å². The van der Waals surface area contributed by atoms with Gasteiger partial charge in [-0.3, -0.25) is 9.78 Å². The number of anilines is 1. The topological polar surface area (TPSA) is 75.1 Å². The molecule has 0 amide bonds. The van der Waals surface area contributed by atoms with Gasteiger partial charge in [0.2, 0.25) is 5.95 Å². The second-order valence-corrected chi connectivity index (χ2v) is 5.76. The fourth-order valence-electron chi connectivity index (χ4n) is 2.88. The van der Waals surface area contributed by atoms with Crippen LogP contribution < -0.4 is 11.0 Å². The van der Waals surface area contributed by atoms with Crippen LogP contribution in [0, 0.1) is 20.8 Å². The molecule has 6 heteroatoms. The van der Waals surface area contributed by atoms with Crippen LogP contribution in [-0.2, 0) is 6.54 Å². The molecular weight excluding hydrogens is 302 g/mol. The molecule has 0 bridgehead atoms. The van der Waals surface area contributed by atoms with Crippen LogP contribution in [0.2, 0.25) is 0 Å². The van der Waals surface area contributed by atoms with E-state index in [1.54, 1.807) is 20.1 Å². The number of aromatic nitrogens is 3. The minimum atomic E-state index is -0.154. The summed E-state index contributed by atoms with van der Waals surface area (Å²) in [5.41, 5.74) is 7.38. The SMILES string of the molecule is CCn1c(C)c(/C=N\Nc2nc(C)c(C)c(=O)[nH]2)c2ccccc21. The molecule has 0 aliphatic carbocycles. The molecule has 0 fully saturated rings. The van der Waals surface area contributed by atoms with Crippen molar-refractivity contribution in [2.24, 2.45) is 5.10 Å². The third-order valence-corrected chi connectivity index (χ3v) is 4.35. The molecule has 0 saturated heterocycles. The average Bonchev–Trinajstić information content (AvgIpc) is 2.84. The summed E-state index contributed by atoms with van der Waals surface area (Å²) in [6.45, 7) is 8.67. The molecule has 2 N–H and O–H groups in total. The van der Waals surface area contributed by atoms with E-state index in [9.17, 15) is 4.79 Å². The standard InChI is InChI=1S/C18H21N5O/c1-5-23-13(4)15(14-8-6-7-9-16(14)23)10-19-22-18-20-12(3)11(2)17(24)21-18/h6-10H,5H2,1-4H3,(H2,20,21,22,24)/b19-10-. The van der Waals surface area contributed by atoms with Crippen LogP contribution in [0.5, 0.6) is 0 Å². The van der Waals surface area contributed by atoms with Gasteiger partial charge in [-0.1, -0.05) is 18.2 Å². The summed E-state index contributed by atoms with van der Waals surface area (Å²) in [5.74, 6) is 0.344. The van der Waals surface area contributed by atoms with Gasteiger partial charge in [-0.2, -0.15) is 5.10 Å². The summed E-state index contributed by atoms with van der Waals surface area (Å²) in [6, 6.07) is 8.26. The number of rotatable bonds is 4. The van der Waals surface area contributed by atoms with Gasteiger partial charge in [-0.15, -0.1) is 0 Å². The van der Waals surface area contributed by atoms with Gasteiger partial charge in [-0.25, -0.2) is 10.4 Å². The van der Waals surface area contributed by atoms with Crippen LogP contribution in [0.3, 0.4) is 0 Å². The number of hydrogen-bond donors (Lipinski definition) is 2. The number of aryl methyl sites for hydroxylation is 2. The van der Waals surface area contributed by atoms with Crippen molar-refractivity contribution < 1.29 is 0 Å². The highest BCUT2D eigenvalue weighted by Crippen LogP contribution is 2.24. The smallest absolute Gasteiger partial charge is 0.255 e. The fourth-order valence-corrected chi connectivity index (χ4v) is 2.88.